The van der Waals surface area contributed by atoms with E-state index < -0.39 is 5.97 Å². The lowest BCUT2D eigenvalue weighted by Crippen LogP contribution is -2.52. The Morgan fingerprint density at radius 1 is 1.17 bits per heavy atom. The Labute approximate surface area is 143 Å². The molecule has 0 radical (unpaired) electrons. The molecule has 1 amide bonds. The quantitative estimate of drug-likeness (QED) is 0.869. The van der Waals surface area contributed by atoms with E-state index in [9.17, 15) is 9.59 Å². The molecule has 4 heteroatoms. The van der Waals surface area contributed by atoms with Crippen LogP contribution in [0, 0.1) is 11.3 Å². The first kappa shape index (κ1) is 17.0. The zero-order chi connectivity index (χ0) is 17.0. The van der Waals surface area contributed by atoms with Crippen LogP contribution in [0.2, 0.25) is 0 Å². The highest BCUT2D eigenvalue weighted by Crippen LogP contribution is 2.45. The molecule has 2 aliphatic rings. The molecule has 1 saturated carbocycles. The molecule has 130 valence electrons. The topological polar surface area (TPSA) is 57.6 Å². The first-order valence-corrected chi connectivity index (χ1v) is 9.14. The first-order chi connectivity index (χ1) is 11.6. The van der Waals surface area contributed by atoms with Crippen molar-refractivity contribution in [2.75, 3.05) is 13.1 Å². The second-order valence-corrected chi connectivity index (χ2v) is 7.49. The van der Waals surface area contributed by atoms with Crippen molar-refractivity contribution in [3.8, 4) is 0 Å². The van der Waals surface area contributed by atoms with Gasteiger partial charge < -0.3 is 10.0 Å². The summed E-state index contributed by atoms with van der Waals surface area (Å²) in [6, 6.07) is 10.3. The fraction of sp³-hybridized carbons (Fsp3) is 0.600. The molecule has 1 saturated heterocycles. The van der Waals surface area contributed by atoms with Gasteiger partial charge in [0.15, 0.2) is 0 Å². The smallest absolute Gasteiger partial charge is 0.303 e. The van der Waals surface area contributed by atoms with Crippen LogP contribution in [0.3, 0.4) is 0 Å². The van der Waals surface area contributed by atoms with Gasteiger partial charge in [-0.2, -0.15) is 0 Å². The van der Waals surface area contributed by atoms with Crippen LogP contribution in [-0.2, 0) is 16.0 Å². The molecule has 1 aromatic rings. The Bertz CT molecular complexity index is 580. The highest BCUT2D eigenvalue weighted by Gasteiger charge is 2.46. The average molecular weight is 329 g/mol. The molecular weight excluding hydrogens is 302 g/mol. The molecule has 0 bridgehead atoms. The van der Waals surface area contributed by atoms with Crippen LogP contribution in [0.5, 0.6) is 0 Å². The minimum Gasteiger partial charge on any atom is -0.481 e. The number of carboxylic acid groups (broad SMARTS) is 1. The summed E-state index contributed by atoms with van der Waals surface area (Å²) in [6.07, 6.45) is 6.87. The van der Waals surface area contributed by atoms with E-state index in [-0.39, 0.29) is 11.8 Å². The number of carboxylic acids is 1. The lowest BCUT2D eigenvalue weighted by molar-refractivity contribution is -0.149. The van der Waals surface area contributed by atoms with Gasteiger partial charge in [-0.25, -0.2) is 0 Å². The van der Waals surface area contributed by atoms with Gasteiger partial charge in [-0.3, -0.25) is 9.59 Å². The Morgan fingerprint density at radius 2 is 1.92 bits per heavy atom. The second kappa shape index (κ2) is 7.37. The Hall–Kier alpha value is -1.84. The summed E-state index contributed by atoms with van der Waals surface area (Å²) in [4.78, 5) is 26.0. The number of hydrogen-bond acceptors (Lipinski definition) is 2. The lowest BCUT2D eigenvalue weighted by atomic mass is 9.64. The molecule has 0 aromatic heterocycles. The summed E-state index contributed by atoms with van der Waals surface area (Å²) in [5.41, 5.74) is 1.03. The maximum atomic E-state index is 13.2. The molecule has 24 heavy (non-hydrogen) atoms. The van der Waals surface area contributed by atoms with E-state index in [1.165, 1.54) is 5.56 Å². The molecule has 0 spiro atoms. The van der Waals surface area contributed by atoms with Crippen LogP contribution < -0.4 is 0 Å². The van der Waals surface area contributed by atoms with E-state index in [0.717, 1.165) is 51.6 Å². The van der Waals surface area contributed by atoms with Crippen LogP contribution in [0.15, 0.2) is 30.3 Å². The summed E-state index contributed by atoms with van der Waals surface area (Å²) in [5, 5.41) is 8.88. The lowest BCUT2D eigenvalue weighted by Gasteiger charge is -2.46. The van der Waals surface area contributed by atoms with E-state index in [1.807, 2.05) is 23.1 Å². The normalized spacial score (nSPS) is 22.7. The minimum absolute atomic E-state index is 0.210. The van der Waals surface area contributed by atoms with Gasteiger partial charge in [0.2, 0.25) is 5.91 Å². The SMILES string of the molecule is O=C(O)CC[C@@H]1CCCN(C(=O)C2(Cc3ccccc3)CCC2)C1. The Morgan fingerprint density at radius 3 is 2.54 bits per heavy atom. The molecule has 1 atom stereocenters. The molecule has 1 aliphatic carbocycles. The standard InChI is InChI=1S/C20H27NO3/c22-18(23)10-9-17-8-4-13-21(15-17)19(24)20(11-5-12-20)14-16-6-2-1-3-7-16/h1-3,6-7,17H,4-5,8-15H2,(H,22,23)/t17-/m0/s1. The summed E-state index contributed by atoms with van der Waals surface area (Å²) in [5.74, 6) is -0.0942. The number of benzene rings is 1. The highest BCUT2D eigenvalue weighted by molar-refractivity contribution is 5.84. The fourth-order valence-electron chi connectivity index (χ4n) is 4.20. The number of nitrogens with zero attached hydrogens (tertiary/aromatic N) is 1. The number of amides is 1. The number of carbonyl (C=O) groups is 2. The molecule has 3 rings (SSSR count). The van der Waals surface area contributed by atoms with Gasteiger partial charge in [0.1, 0.15) is 0 Å². The third-order valence-electron chi connectivity index (χ3n) is 5.72. The van der Waals surface area contributed by atoms with Crippen molar-refractivity contribution in [3.63, 3.8) is 0 Å². The van der Waals surface area contributed by atoms with Crippen LogP contribution >= 0.6 is 0 Å². The number of rotatable bonds is 6. The first-order valence-electron chi connectivity index (χ1n) is 9.14. The maximum Gasteiger partial charge on any atom is 0.303 e. The van der Waals surface area contributed by atoms with Gasteiger partial charge in [-0.15, -0.1) is 0 Å². The van der Waals surface area contributed by atoms with Crippen molar-refractivity contribution in [2.24, 2.45) is 11.3 Å². The van der Waals surface area contributed by atoms with E-state index in [0.29, 0.717) is 18.2 Å². The fourth-order valence-corrected chi connectivity index (χ4v) is 4.20. The molecule has 4 nitrogen and oxygen atoms in total. The van der Waals surface area contributed by atoms with Crippen LogP contribution in [-0.4, -0.2) is 35.0 Å². The second-order valence-electron chi connectivity index (χ2n) is 7.49. The zero-order valence-electron chi connectivity index (χ0n) is 14.2. The van der Waals surface area contributed by atoms with Crippen LogP contribution in [0.4, 0.5) is 0 Å². The van der Waals surface area contributed by atoms with E-state index in [1.54, 1.807) is 0 Å². The van der Waals surface area contributed by atoms with Crippen molar-refractivity contribution in [1.82, 2.24) is 4.90 Å². The van der Waals surface area contributed by atoms with Crippen molar-refractivity contribution >= 4 is 11.9 Å². The predicted molar refractivity (Wildman–Crippen MR) is 92.6 cm³/mol. The average Bonchev–Trinajstić information content (AvgIpc) is 2.57. The van der Waals surface area contributed by atoms with Gasteiger partial charge in [0, 0.05) is 19.5 Å². The third-order valence-corrected chi connectivity index (χ3v) is 5.72. The molecular formula is C20H27NO3. The molecule has 1 N–H and O–H groups in total. The molecule has 1 aliphatic heterocycles. The summed E-state index contributed by atoms with van der Waals surface area (Å²) in [6.45, 7) is 1.57. The number of hydrogen-bond donors (Lipinski definition) is 1. The summed E-state index contributed by atoms with van der Waals surface area (Å²) < 4.78 is 0. The summed E-state index contributed by atoms with van der Waals surface area (Å²) >= 11 is 0. The van der Waals surface area contributed by atoms with Crippen molar-refractivity contribution in [1.29, 1.82) is 0 Å². The highest BCUT2D eigenvalue weighted by atomic mass is 16.4. The molecule has 2 fully saturated rings. The van der Waals surface area contributed by atoms with E-state index >= 15 is 0 Å². The zero-order valence-corrected chi connectivity index (χ0v) is 14.2. The number of carbonyl (C=O) groups excluding carboxylic acids is 1. The molecule has 1 heterocycles. The largest absolute Gasteiger partial charge is 0.481 e. The van der Waals surface area contributed by atoms with Crippen LogP contribution in [0.25, 0.3) is 0 Å². The number of likely N-dealkylation sites (tertiary alicyclic amines) is 1. The van der Waals surface area contributed by atoms with Gasteiger partial charge >= 0.3 is 5.97 Å². The monoisotopic (exact) mass is 329 g/mol. The number of aliphatic carboxylic acids is 1. The third kappa shape index (κ3) is 3.80. The Kier molecular flexibility index (Phi) is 5.22. The molecule has 1 aromatic carbocycles. The van der Waals surface area contributed by atoms with E-state index in [4.69, 9.17) is 5.11 Å². The van der Waals surface area contributed by atoms with Gasteiger partial charge in [-0.1, -0.05) is 36.8 Å². The van der Waals surface area contributed by atoms with Crippen LogP contribution in [0.1, 0.15) is 50.5 Å². The van der Waals surface area contributed by atoms with Gasteiger partial charge in [-0.05, 0) is 50.0 Å². The maximum absolute atomic E-state index is 13.2. The van der Waals surface area contributed by atoms with Crippen molar-refractivity contribution < 1.29 is 14.7 Å². The van der Waals surface area contributed by atoms with Crippen molar-refractivity contribution in [2.45, 2.75) is 51.4 Å². The summed E-state index contributed by atoms with van der Waals surface area (Å²) in [7, 11) is 0. The van der Waals surface area contributed by atoms with Crippen molar-refractivity contribution in [3.05, 3.63) is 35.9 Å². The van der Waals surface area contributed by atoms with Gasteiger partial charge in [0.05, 0.1) is 5.41 Å². The van der Waals surface area contributed by atoms with Gasteiger partial charge in [0.25, 0.3) is 0 Å². The van der Waals surface area contributed by atoms with E-state index in [2.05, 4.69) is 12.1 Å². The number of piperidine rings is 1. The Balaban J connectivity index is 1.64. The molecule has 0 unspecified atom stereocenters. The minimum atomic E-state index is -0.738. The predicted octanol–water partition coefficient (Wildman–Crippen LogP) is 3.50.